The van der Waals surface area contributed by atoms with Crippen LogP contribution >= 0.6 is 0 Å². The fraction of sp³-hybridized carbons (Fsp3) is 0.471. The molecular formula is C17H21FO3. The Kier molecular flexibility index (Phi) is 3.60. The van der Waals surface area contributed by atoms with Gasteiger partial charge in [-0.1, -0.05) is 32.9 Å². The SMILES string of the molecule is CC(C)(C)c1ccc2c(c1)OC(C(C)(C)F)C(C(=O)O)=C2. The van der Waals surface area contributed by atoms with Gasteiger partial charge in [-0.15, -0.1) is 0 Å². The van der Waals surface area contributed by atoms with Crippen LogP contribution in [0.15, 0.2) is 23.8 Å². The molecule has 1 aromatic carbocycles. The number of hydrogen-bond donors (Lipinski definition) is 1. The number of alkyl halides is 1. The van der Waals surface area contributed by atoms with Crippen molar-refractivity contribution in [2.45, 2.75) is 51.8 Å². The molecule has 114 valence electrons. The highest BCUT2D eigenvalue weighted by atomic mass is 19.1. The fourth-order valence-electron chi connectivity index (χ4n) is 2.34. The van der Waals surface area contributed by atoms with E-state index in [1.165, 1.54) is 19.9 Å². The number of aliphatic carboxylic acids is 1. The summed E-state index contributed by atoms with van der Waals surface area (Å²) in [7, 11) is 0. The molecular weight excluding hydrogens is 271 g/mol. The highest BCUT2D eigenvalue weighted by Crippen LogP contribution is 2.37. The first-order chi connectivity index (χ1) is 9.50. The Morgan fingerprint density at radius 1 is 1.24 bits per heavy atom. The average Bonchev–Trinajstić information content (AvgIpc) is 2.34. The second kappa shape index (κ2) is 4.86. The molecule has 1 unspecified atom stereocenters. The van der Waals surface area contributed by atoms with Crippen LogP contribution in [0.1, 0.15) is 45.7 Å². The van der Waals surface area contributed by atoms with Gasteiger partial charge in [0.05, 0.1) is 5.57 Å². The maximum Gasteiger partial charge on any atom is 0.335 e. The van der Waals surface area contributed by atoms with E-state index in [0.29, 0.717) is 11.3 Å². The van der Waals surface area contributed by atoms with Gasteiger partial charge in [-0.2, -0.15) is 0 Å². The third-order valence-electron chi connectivity index (χ3n) is 3.59. The zero-order valence-corrected chi connectivity index (χ0v) is 13.0. The molecule has 0 amide bonds. The summed E-state index contributed by atoms with van der Waals surface area (Å²) in [5.41, 5.74) is -0.168. The summed E-state index contributed by atoms with van der Waals surface area (Å²) >= 11 is 0. The molecule has 1 aromatic rings. The minimum absolute atomic E-state index is 0.0569. The van der Waals surface area contributed by atoms with Crippen LogP contribution in [-0.2, 0) is 10.2 Å². The van der Waals surface area contributed by atoms with Crippen molar-refractivity contribution in [2.24, 2.45) is 0 Å². The van der Waals surface area contributed by atoms with E-state index in [1.807, 2.05) is 18.2 Å². The van der Waals surface area contributed by atoms with Gasteiger partial charge in [-0.05, 0) is 37.0 Å². The number of carboxylic acid groups (broad SMARTS) is 1. The van der Waals surface area contributed by atoms with E-state index >= 15 is 0 Å². The second-order valence-electron chi connectivity index (χ2n) is 6.97. The Balaban J connectivity index is 2.53. The van der Waals surface area contributed by atoms with Gasteiger partial charge in [0.1, 0.15) is 11.4 Å². The first-order valence-corrected chi connectivity index (χ1v) is 6.95. The van der Waals surface area contributed by atoms with Crippen molar-refractivity contribution in [2.75, 3.05) is 0 Å². The highest BCUT2D eigenvalue weighted by molar-refractivity contribution is 5.95. The third kappa shape index (κ3) is 3.09. The molecule has 0 bridgehead atoms. The summed E-state index contributed by atoms with van der Waals surface area (Å²) < 4.78 is 20.0. The molecule has 0 saturated heterocycles. The van der Waals surface area contributed by atoms with E-state index in [9.17, 15) is 14.3 Å². The normalized spacial score (nSPS) is 18.6. The molecule has 1 aliphatic rings. The van der Waals surface area contributed by atoms with Crippen molar-refractivity contribution in [3.63, 3.8) is 0 Å². The standard InChI is InChI=1S/C17H21FO3/c1-16(2,3)11-7-6-10-8-12(15(19)20)14(17(4,5)18)21-13(10)9-11/h6-9,14H,1-5H3,(H,19,20). The van der Waals surface area contributed by atoms with E-state index in [0.717, 1.165) is 5.56 Å². The molecule has 0 spiro atoms. The van der Waals surface area contributed by atoms with Gasteiger partial charge in [0.25, 0.3) is 0 Å². The lowest BCUT2D eigenvalue weighted by Crippen LogP contribution is -2.42. The maximum atomic E-state index is 14.3. The molecule has 4 heteroatoms. The third-order valence-corrected chi connectivity index (χ3v) is 3.59. The van der Waals surface area contributed by atoms with Gasteiger partial charge < -0.3 is 9.84 Å². The molecule has 0 aliphatic carbocycles. The summed E-state index contributed by atoms with van der Waals surface area (Å²) in [6.45, 7) is 8.88. The van der Waals surface area contributed by atoms with Gasteiger partial charge in [-0.25, -0.2) is 9.18 Å². The molecule has 0 aromatic heterocycles. The average molecular weight is 292 g/mol. The first-order valence-electron chi connectivity index (χ1n) is 6.95. The maximum absolute atomic E-state index is 14.3. The van der Waals surface area contributed by atoms with E-state index in [4.69, 9.17) is 4.74 Å². The summed E-state index contributed by atoms with van der Waals surface area (Å²) in [6, 6.07) is 5.63. The van der Waals surface area contributed by atoms with Crippen molar-refractivity contribution in [1.29, 1.82) is 0 Å². The molecule has 2 rings (SSSR count). The number of fused-ring (bicyclic) bond motifs is 1. The van der Waals surface area contributed by atoms with Crippen molar-refractivity contribution in [3.8, 4) is 5.75 Å². The Hall–Kier alpha value is -1.84. The Labute approximate surface area is 124 Å². The minimum atomic E-state index is -1.78. The largest absolute Gasteiger partial charge is 0.481 e. The van der Waals surface area contributed by atoms with Crippen LogP contribution in [0.25, 0.3) is 6.08 Å². The van der Waals surface area contributed by atoms with Crippen LogP contribution in [0.3, 0.4) is 0 Å². The van der Waals surface area contributed by atoms with Crippen LogP contribution in [-0.4, -0.2) is 22.8 Å². The molecule has 1 heterocycles. The lowest BCUT2D eigenvalue weighted by atomic mass is 9.85. The van der Waals surface area contributed by atoms with Gasteiger partial charge in [-0.3, -0.25) is 0 Å². The van der Waals surface area contributed by atoms with Gasteiger partial charge in [0, 0.05) is 5.56 Å². The van der Waals surface area contributed by atoms with E-state index in [-0.39, 0.29) is 11.0 Å². The lowest BCUT2D eigenvalue weighted by Gasteiger charge is -2.32. The number of carboxylic acids is 1. The van der Waals surface area contributed by atoms with Gasteiger partial charge in [0.15, 0.2) is 6.10 Å². The smallest absolute Gasteiger partial charge is 0.335 e. The van der Waals surface area contributed by atoms with Crippen LogP contribution < -0.4 is 4.74 Å². The van der Waals surface area contributed by atoms with Crippen molar-refractivity contribution >= 4 is 12.0 Å². The summed E-state index contributed by atoms with van der Waals surface area (Å²) in [4.78, 5) is 11.3. The summed E-state index contributed by atoms with van der Waals surface area (Å²) in [5.74, 6) is -0.626. The monoisotopic (exact) mass is 292 g/mol. The van der Waals surface area contributed by atoms with E-state index < -0.39 is 17.7 Å². The molecule has 0 fully saturated rings. The second-order valence-corrected chi connectivity index (χ2v) is 6.97. The van der Waals surface area contributed by atoms with Gasteiger partial charge >= 0.3 is 5.97 Å². The zero-order valence-electron chi connectivity index (χ0n) is 13.0. The predicted octanol–water partition coefficient (Wildman–Crippen LogP) is 3.96. The minimum Gasteiger partial charge on any atom is -0.481 e. The van der Waals surface area contributed by atoms with E-state index in [2.05, 4.69) is 20.8 Å². The number of hydrogen-bond acceptors (Lipinski definition) is 2. The lowest BCUT2D eigenvalue weighted by molar-refractivity contribution is -0.134. The molecule has 0 radical (unpaired) electrons. The quantitative estimate of drug-likeness (QED) is 0.897. The number of carbonyl (C=O) groups is 1. The van der Waals surface area contributed by atoms with Crippen molar-refractivity contribution in [1.82, 2.24) is 0 Å². The van der Waals surface area contributed by atoms with Crippen molar-refractivity contribution in [3.05, 3.63) is 34.9 Å². The molecule has 3 nitrogen and oxygen atoms in total. The molecule has 1 atom stereocenters. The Bertz CT molecular complexity index is 603. The van der Waals surface area contributed by atoms with E-state index in [1.54, 1.807) is 0 Å². The van der Waals surface area contributed by atoms with Crippen LogP contribution in [0.2, 0.25) is 0 Å². The summed E-state index contributed by atoms with van der Waals surface area (Å²) in [6.07, 6.45) is 0.386. The fourth-order valence-corrected chi connectivity index (χ4v) is 2.34. The Morgan fingerprint density at radius 3 is 2.33 bits per heavy atom. The van der Waals surface area contributed by atoms with Crippen LogP contribution in [0, 0.1) is 0 Å². The Morgan fingerprint density at radius 2 is 1.86 bits per heavy atom. The number of halogens is 1. The van der Waals surface area contributed by atoms with Gasteiger partial charge in [0.2, 0.25) is 0 Å². The van der Waals surface area contributed by atoms with Crippen LogP contribution in [0.4, 0.5) is 4.39 Å². The number of benzene rings is 1. The zero-order chi connectivity index (χ0) is 16.0. The van der Waals surface area contributed by atoms with Crippen molar-refractivity contribution < 1.29 is 19.0 Å². The topological polar surface area (TPSA) is 46.5 Å². The highest BCUT2D eigenvalue weighted by Gasteiger charge is 2.40. The van der Waals surface area contributed by atoms with Crippen LogP contribution in [0.5, 0.6) is 5.75 Å². The predicted molar refractivity (Wildman–Crippen MR) is 80.4 cm³/mol. The molecule has 21 heavy (non-hydrogen) atoms. The number of rotatable bonds is 2. The summed E-state index contributed by atoms with van der Waals surface area (Å²) in [5, 5.41) is 9.27. The molecule has 1 N–H and O–H groups in total. The first kappa shape index (κ1) is 15.5. The number of ether oxygens (including phenoxy) is 1. The molecule has 0 saturated carbocycles. The molecule has 1 aliphatic heterocycles.